The van der Waals surface area contributed by atoms with Crippen LogP contribution in [0, 0.1) is 0 Å². The van der Waals surface area contributed by atoms with E-state index in [9.17, 15) is 30.6 Å². The molecule has 41 heavy (non-hydrogen) atoms. The van der Waals surface area contributed by atoms with E-state index in [-0.39, 0.29) is 11.6 Å². The first-order valence-electron chi connectivity index (χ1n) is 12.6. The molecule has 0 aliphatic rings. The molecule has 0 saturated carbocycles. The summed E-state index contributed by atoms with van der Waals surface area (Å²) in [6, 6.07) is 26.2. The molecule has 0 saturated heterocycles. The standard InChI is InChI=1S/C31H28F6NOPS/c1-29(2,3)41(39)38-28(21-18-22(30(32,33)34)20-23(19-21)31(35,36)37)26-16-10-11-17-27(26)40(24-12-6-4-7-13-24)25-14-8-5-9-15-25/h4-20,28,38H,1-3H3/t28?,41-/m0/s1. The maximum absolute atomic E-state index is 13.9. The van der Waals surface area contributed by atoms with E-state index in [1.54, 1.807) is 39.0 Å². The van der Waals surface area contributed by atoms with Gasteiger partial charge in [0.05, 0.1) is 32.9 Å². The minimum Gasteiger partial charge on any atom is -0.242 e. The highest BCUT2D eigenvalue weighted by atomic mass is 32.2. The van der Waals surface area contributed by atoms with Crippen molar-refractivity contribution in [2.75, 3.05) is 0 Å². The lowest BCUT2D eigenvalue weighted by Crippen LogP contribution is -2.38. The minimum absolute atomic E-state index is 0.105. The van der Waals surface area contributed by atoms with Crippen molar-refractivity contribution in [2.45, 2.75) is 43.9 Å². The Morgan fingerprint density at radius 3 is 1.54 bits per heavy atom. The van der Waals surface area contributed by atoms with Crippen molar-refractivity contribution >= 4 is 34.8 Å². The molecule has 4 aromatic rings. The van der Waals surface area contributed by atoms with Crippen molar-refractivity contribution in [3.05, 3.63) is 125 Å². The summed E-state index contributed by atoms with van der Waals surface area (Å²) in [4.78, 5) is 0. The number of hydrogen-bond acceptors (Lipinski definition) is 1. The third-order valence-electron chi connectivity index (χ3n) is 6.24. The van der Waals surface area contributed by atoms with E-state index in [2.05, 4.69) is 4.72 Å². The van der Waals surface area contributed by atoms with Gasteiger partial charge in [0.1, 0.15) is 0 Å². The zero-order valence-electron chi connectivity index (χ0n) is 22.4. The highest BCUT2D eigenvalue weighted by Crippen LogP contribution is 2.41. The van der Waals surface area contributed by atoms with Crippen LogP contribution in [0.4, 0.5) is 26.3 Å². The van der Waals surface area contributed by atoms with Crippen LogP contribution >= 0.6 is 7.92 Å². The zero-order valence-corrected chi connectivity index (χ0v) is 24.1. The second-order valence-corrected chi connectivity index (χ2v) is 14.5. The molecule has 0 radical (unpaired) electrons. The zero-order chi connectivity index (χ0) is 30.0. The molecule has 0 aromatic heterocycles. The van der Waals surface area contributed by atoms with Crippen LogP contribution in [0.5, 0.6) is 0 Å². The fourth-order valence-corrected chi connectivity index (χ4v) is 7.58. The Hall–Kier alpha value is -3.00. The van der Waals surface area contributed by atoms with Crippen LogP contribution < -0.4 is 20.6 Å². The fourth-order valence-electron chi connectivity index (χ4n) is 4.26. The van der Waals surface area contributed by atoms with Crippen LogP contribution in [-0.4, -0.2) is 8.96 Å². The summed E-state index contributed by atoms with van der Waals surface area (Å²) < 4.78 is 98.6. The lowest BCUT2D eigenvalue weighted by Gasteiger charge is -2.30. The molecule has 216 valence electrons. The number of alkyl halides is 6. The molecule has 0 amide bonds. The summed E-state index contributed by atoms with van der Waals surface area (Å²) in [6.45, 7) is 5.02. The molecule has 0 aliphatic carbocycles. The number of halogens is 6. The van der Waals surface area contributed by atoms with Crippen molar-refractivity contribution < 1.29 is 30.6 Å². The van der Waals surface area contributed by atoms with Crippen molar-refractivity contribution in [3.63, 3.8) is 0 Å². The Kier molecular flexibility index (Phi) is 9.12. The first-order valence-corrected chi connectivity index (χ1v) is 15.1. The van der Waals surface area contributed by atoms with E-state index in [0.29, 0.717) is 23.0 Å². The second kappa shape index (κ2) is 12.1. The normalized spacial score (nSPS) is 14.2. The second-order valence-electron chi connectivity index (χ2n) is 10.3. The van der Waals surface area contributed by atoms with Gasteiger partial charge in [-0.25, -0.2) is 8.93 Å². The summed E-state index contributed by atoms with van der Waals surface area (Å²) in [5.74, 6) is 0. The summed E-state index contributed by atoms with van der Waals surface area (Å²) in [5, 5.41) is 2.60. The van der Waals surface area contributed by atoms with Crippen molar-refractivity contribution in [1.82, 2.24) is 4.72 Å². The molecule has 0 heterocycles. The molecule has 0 fully saturated rings. The third-order valence-corrected chi connectivity index (χ3v) is 10.3. The first-order chi connectivity index (χ1) is 19.2. The van der Waals surface area contributed by atoms with Crippen LogP contribution in [-0.2, 0) is 23.3 Å². The molecule has 0 aliphatic heterocycles. The van der Waals surface area contributed by atoms with Gasteiger partial charge in [-0.3, -0.25) is 0 Å². The van der Waals surface area contributed by atoms with Gasteiger partial charge in [0.25, 0.3) is 0 Å². The summed E-state index contributed by atoms with van der Waals surface area (Å²) in [5.41, 5.74) is -2.70. The summed E-state index contributed by atoms with van der Waals surface area (Å²) in [7, 11) is -3.13. The van der Waals surface area contributed by atoms with E-state index in [0.717, 1.165) is 10.6 Å². The van der Waals surface area contributed by atoms with Gasteiger partial charge in [-0.1, -0.05) is 84.9 Å². The summed E-state index contributed by atoms with van der Waals surface area (Å²) >= 11 is 0. The molecule has 2 atom stereocenters. The maximum Gasteiger partial charge on any atom is 0.416 e. The van der Waals surface area contributed by atoms with Crippen LogP contribution in [0.25, 0.3) is 0 Å². The maximum atomic E-state index is 13.9. The minimum atomic E-state index is -5.02. The highest BCUT2D eigenvalue weighted by molar-refractivity contribution is 7.84. The van der Waals surface area contributed by atoms with E-state index in [1.807, 2.05) is 66.7 Å². The Bertz CT molecular complexity index is 1430. The van der Waals surface area contributed by atoms with E-state index < -0.39 is 53.2 Å². The quantitative estimate of drug-likeness (QED) is 0.170. The molecule has 1 N–H and O–H groups in total. The van der Waals surface area contributed by atoms with E-state index in [4.69, 9.17) is 0 Å². The predicted molar refractivity (Wildman–Crippen MR) is 154 cm³/mol. The molecule has 4 rings (SSSR count). The smallest absolute Gasteiger partial charge is 0.242 e. The highest BCUT2D eigenvalue weighted by Gasteiger charge is 2.38. The summed E-state index contributed by atoms with van der Waals surface area (Å²) in [6.07, 6.45) is -10.0. The number of benzene rings is 4. The third kappa shape index (κ3) is 7.45. The van der Waals surface area contributed by atoms with Crippen LogP contribution in [0.2, 0.25) is 0 Å². The SMILES string of the molecule is CC(C)(C)[S@](=O)NC(c1cc(C(F)(F)F)cc(C(F)(F)F)c1)c1ccccc1P(c1ccccc1)c1ccccc1. The van der Waals surface area contributed by atoms with E-state index >= 15 is 0 Å². The van der Waals surface area contributed by atoms with Gasteiger partial charge in [0.15, 0.2) is 0 Å². The van der Waals surface area contributed by atoms with Gasteiger partial charge < -0.3 is 0 Å². The lowest BCUT2D eigenvalue weighted by atomic mass is 9.95. The van der Waals surface area contributed by atoms with Gasteiger partial charge in [0, 0.05) is 0 Å². The van der Waals surface area contributed by atoms with Gasteiger partial charge >= 0.3 is 12.4 Å². The van der Waals surface area contributed by atoms with Crippen LogP contribution in [0.1, 0.15) is 49.1 Å². The van der Waals surface area contributed by atoms with Crippen LogP contribution in [0.15, 0.2) is 103 Å². The fraction of sp³-hybridized carbons (Fsp3) is 0.226. The first kappa shape index (κ1) is 30.9. The Morgan fingerprint density at radius 2 is 1.10 bits per heavy atom. The monoisotopic (exact) mass is 607 g/mol. The number of rotatable bonds is 7. The van der Waals surface area contributed by atoms with Gasteiger partial charge in [-0.05, 0) is 73.9 Å². The van der Waals surface area contributed by atoms with Gasteiger partial charge in [0.2, 0.25) is 0 Å². The van der Waals surface area contributed by atoms with Crippen molar-refractivity contribution in [1.29, 1.82) is 0 Å². The lowest BCUT2D eigenvalue weighted by molar-refractivity contribution is -0.143. The predicted octanol–water partition coefficient (Wildman–Crippen LogP) is 7.62. The molecular formula is C31H28F6NOPS. The largest absolute Gasteiger partial charge is 0.416 e. The van der Waals surface area contributed by atoms with Crippen LogP contribution in [0.3, 0.4) is 0 Å². The number of nitrogens with one attached hydrogen (secondary N) is 1. The van der Waals surface area contributed by atoms with Crippen molar-refractivity contribution in [2.24, 2.45) is 0 Å². The molecular weight excluding hydrogens is 579 g/mol. The average Bonchev–Trinajstić information content (AvgIpc) is 2.91. The molecule has 0 spiro atoms. The Labute approximate surface area is 239 Å². The number of hydrogen-bond donors (Lipinski definition) is 1. The van der Waals surface area contributed by atoms with Gasteiger partial charge in [-0.15, -0.1) is 0 Å². The van der Waals surface area contributed by atoms with Gasteiger partial charge in [-0.2, -0.15) is 26.3 Å². The van der Waals surface area contributed by atoms with Crippen molar-refractivity contribution in [3.8, 4) is 0 Å². The molecule has 0 bridgehead atoms. The van der Waals surface area contributed by atoms with E-state index in [1.165, 1.54) is 0 Å². The Morgan fingerprint density at radius 1 is 0.659 bits per heavy atom. The topological polar surface area (TPSA) is 29.1 Å². The Balaban J connectivity index is 2.01. The molecule has 2 nitrogen and oxygen atoms in total. The average molecular weight is 608 g/mol. The molecule has 10 heteroatoms. The molecule has 4 aromatic carbocycles. The molecule has 1 unspecified atom stereocenters.